The number of aromatic nitrogens is 3. The Labute approximate surface area is 179 Å². The van der Waals surface area contributed by atoms with E-state index < -0.39 is 15.9 Å². The number of anilines is 2. The van der Waals surface area contributed by atoms with Crippen LogP contribution in [0.5, 0.6) is 0 Å². The van der Waals surface area contributed by atoms with Gasteiger partial charge < -0.3 is 0 Å². The van der Waals surface area contributed by atoms with Crippen molar-refractivity contribution >= 4 is 27.6 Å². The van der Waals surface area contributed by atoms with Crippen LogP contribution in [0.2, 0.25) is 0 Å². The molecular weight excluding hydrogens is 414 g/mol. The lowest BCUT2D eigenvalue weighted by Crippen LogP contribution is -2.30. The lowest BCUT2D eigenvalue weighted by molar-refractivity contribution is 0.102. The topological polar surface area (TPSA) is 108 Å². The molecule has 0 aliphatic heterocycles. The van der Waals surface area contributed by atoms with Crippen molar-refractivity contribution < 1.29 is 13.2 Å². The van der Waals surface area contributed by atoms with E-state index in [1.807, 2.05) is 36.4 Å². The van der Waals surface area contributed by atoms with Crippen LogP contribution in [0.15, 0.2) is 96.2 Å². The first-order valence-corrected chi connectivity index (χ1v) is 10.9. The minimum atomic E-state index is -3.95. The molecule has 1 aromatic heterocycles. The Morgan fingerprint density at radius 2 is 1.65 bits per heavy atom. The van der Waals surface area contributed by atoms with Crippen molar-refractivity contribution in [2.75, 3.05) is 9.62 Å². The molecule has 1 heterocycles. The number of nitrogens with one attached hydrogen (secondary N) is 2. The number of amides is 1. The summed E-state index contributed by atoms with van der Waals surface area (Å²) in [6.07, 6.45) is 1.26. The largest absolute Gasteiger partial charge is 0.291 e. The molecule has 4 aromatic rings. The molecule has 31 heavy (non-hydrogen) atoms. The Kier molecular flexibility index (Phi) is 5.76. The molecule has 2 N–H and O–H groups in total. The average molecular weight is 433 g/mol. The first-order chi connectivity index (χ1) is 15.0. The summed E-state index contributed by atoms with van der Waals surface area (Å²) < 4.78 is 28.5. The lowest BCUT2D eigenvalue weighted by atomic mass is 10.2. The molecular formula is C22H19N5O3S. The average Bonchev–Trinajstić information content (AvgIpc) is 3.32. The SMILES string of the molecule is O=C(Nc1ncn[nH]1)c1cccc(S(=O)(=O)N(Cc2ccccc2)c2ccccc2)c1. The fourth-order valence-corrected chi connectivity index (χ4v) is 4.53. The standard InChI is InChI=1S/C22H19N5O3S/c28-21(25-22-23-16-24-26-22)18-10-7-13-20(14-18)31(29,30)27(19-11-5-2-6-12-19)15-17-8-3-1-4-9-17/h1-14,16H,15H2,(H2,23,24,25,26,28). The van der Waals surface area contributed by atoms with E-state index in [-0.39, 0.29) is 23.0 Å². The molecule has 8 nitrogen and oxygen atoms in total. The van der Waals surface area contributed by atoms with Crippen LogP contribution >= 0.6 is 0 Å². The highest BCUT2D eigenvalue weighted by Crippen LogP contribution is 2.26. The predicted molar refractivity (Wildman–Crippen MR) is 117 cm³/mol. The monoisotopic (exact) mass is 433 g/mol. The van der Waals surface area contributed by atoms with Crippen LogP contribution in [0.1, 0.15) is 15.9 Å². The van der Waals surface area contributed by atoms with Gasteiger partial charge in [0.1, 0.15) is 6.33 Å². The number of hydrogen-bond donors (Lipinski definition) is 2. The van der Waals surface area contributed by atoms with Gasteiger partial charge in [-0.05, 0) is 35.9 Å². The van der Waals surface area contributed by atoms with Crippen molar-refractivity contribution in [2.24, 2.45) is 0 Å². The van der Waals surface area contributed by atoms with Crippen LogP contribution in [0, 0.1) is 0 Å². The number of aromatic amines is 1. The van der Waals surface area contributed by atoms with E-state index in [2.05, 4.69) is 20.5 Å². The number of rotatable bonds is 7. The molecule has 0 aliphatic rings. The molecule has 0 saturated heterocycles. The number of H-pyrrole nitrogens is 1. The van der Waals surface area contributed by atoms with Gasteiger partial charge in [0.2, 0.25) is 5.95 Å². The number of carbonyl (C=O) groups is 1. The third-order valence-electron chi connectivity index (χ3n) is 4.54. The van der Waals surface area contributed by atoms with Gasteiger partial charge in [0.25, 0.3) is 15.9 Å². The molecule has 156 valence electrons. The first-order valence-electron chi connectivity index (χ1n) is 9.42. The fourth-order valence-electron chi connectivity index (χ4n) is 3.03. The third kappa shape index (κ3) is 4.62. The Bertz CT molecular complexity index is 1260. The van der Waals surface area contributed by atoms with E-state index in [0.29, 0.717) is 5.69 Å². The van der Waals surface area contributed by atoms with E-state index in [4.69, 9.17) is 0 Å². The lowest BCUT2D eigenvalue weighted by Gasteiger charge is -2.25. The predicted octanol–water partition coefficient (Wildman–Crippen LogP) is 3.45. The van der Waals surface area contributed by atoms with Crippen molar-refractivity contribution in [2.45, 2.75) is 11.4 Å². The maximum atomic E-state index is 13.6. The van der Waals surface area contributed by atoms with E-state index >= 15 is 0 Å². The summed E-state index contributed by atoms with van der Waals surface area (Å²) in [6, 6.07) is 24.1. The quantitative estimate of drug-likeness (QED) is 0.464. The van der Waals surface area contributed by atoms with Gasteiger partial charge >= 0.3 is 0 Å². The van der Waals surface area contributed by atoms with E-state index in [1.165, 1.54) is 34.9 Å². The molecule has 0 radical (unpaired) electrons. The zero-order valence-electron chi connectivity index (χ0n) is 16.3. The van der Waals surface area contributed by atoms with Gasteiger partial charge in [-0.1, -0.05) is 54.6 Å². The van der Waals surface area contributed by atoms with E-state index in [1.54, 1.807) is 24.3 Å². The molecule has 0 bridgehead atoms. The van der Waals surface area contributed by atoms with Crippen molar-refractivity contribution in [1.29, 1.82) is 0 Å². The Balaban J connectivity index is 1.69. The highest BCUT2D eigenvalue weighted by atomic mass is 32.2. The molecule has 3 aromatic carbocycles. The molecule has 0 unspecified atom stereocenters. The smallest absolute Gasteiger partial charge is 0.264 e. The highest BCUT2D eigenvalue weighted by molar-refractivity contribution is 7.92. The van der Waals surface area contributed by atoms with Crippen LogP contribution < -0.4 is 9.62 Å². The molecule has 0 spiro atoms. The van der Waals surface area contributed by atoms with Crippen molar-refractivity contribution in [3.05, 3.63) is 102 Å². The number of benzene rings is 3. The number of carbonyl (C=O) groups excluding carboxylic acids is 1. The number of sulfonamides is 1. The second kappa shape index (κ2) is 8.80. The zero-order valence-corrected chi connectivity index (χ0v) is 17.2. The normalized spacial score (nSPS) is 11.1. The maximum Gasteiger partial charge on any atom is 0.264 e. The van der Waals surface area contributed by atoms with Crippen molar-refractivity contribution in [3.8, 4) is 0 Å². The second-order valence-electron chi connectivity index (χ2n) is 6.65. The summed E-state index contributed by atoms with van der Waals surface area (Å²) in [5.41, 5.74) is 1.56. The summed E-state index contributed by atoms with van der Waals surface area (Å²) in [5.74, 6) is -0.323. The molecule has 1 amide bonds. The number of para-hydroxylation sites is 1. The highest BCUT2D eigenvalue weighted by Gasteiger charge is 2.26. The van der Waals surface area contributed by atoms with Crippen LogP contribution in [0.4, 0.5) is 11.6 Å². The number of hydrogen-bond acceptors (Lipinski definition) is 5. The Morgan fingerprint density at radius 1 is 0.935 bits per heavy atom. The van der Waals surface area contributed by atoms with Gasteiger partial charge in [0.05, 0.1) is 17.1 Å². The van der Waals surface area contributed by atoms with E-state index in [9.17, 15) is 13.2 Å². The van der Waals surface area contributed by atoms with Gasteiger partial charge in [-0.3, -0.25) is 14.4 Å². The first kappa shape index (κ1) is 20.3. The summed E-state index contributed by atoms with van der Waals surface area (Å²) in [4.78, 5) is 16.4. The Morgan fingerprint density at radius 3 is 2.32 bits per heavy atom. The molecule has 0 atom stereocenters. The number of nitrogens with zero attached hydrogens (tertiary/aromatic N) is 3. The molecule has 9 heteroatoms. The van der Waals surface area contributed by atoms with Gasteiger partial charge in [0.15, 0.2) is 0 Å². The Hall–Kier alpha value is -3.98. The van der Waals surface area contributed by atoms with Crippen molar-refractivity contribution in [3.63, 3.8) is 0 Å². The fraction of sp³-hybridized carbons (Fsp3) is 0.0455. The molecule has 0 saturated carbocycles. The molecule has 4 rings (SSSR count). The van der Waals surface area contributed by atoms with Crippen LogP contribution in [0.3, 0.4) is 0 Å². The van der Waals surface area contributed by atoms with E-state index in [0.717, 1.165) is 5.56 Å². The van der Waals surface area contributed by atoms with Gasteiger partial charge in [-0.25, -0.2) is 13.5 Å². The maximum absolute atomic E-state index is 13.6. The second-order valence-corrected chi connectivity index (χ2v) is 8.51. The van der Waals surface area contributed by atoms with Gasteiger partial charge in [-0.2, -0.15) is 10.1 Å². The minimum absolute atomic E-state index is 0.0116. The summed E-state index contributed by atoms with van der Waals surface area (Å²) >= 11 is 0. The molecule has 0 aliphatic carbocycles. The van der Waals surface area contributed by atoms with Crippen LogP contribution in [0.25, 0.3) is 0 Å². The summed E-state index contributed by atoms with van der Waals surface area (Å²) in [5, 5.41) is 8.74. The van der Waals surface area contributed by atoms with Gasteiger partial charge in [0, 0.05) is 5.56 Å². The minimum Gasteiger partial charge on any atom is -0.291 e. The summed E-state index contributed by atoms with van der Waals surface area (Å²) in [7, 11) is -3.95. The summed E-state index contributed by atoms with van der Waals surface area (Å²) in [6.45, 7) is 0.154. The van der Waals surface area contributed by atoms with Crippen molar-refractivity contribution in [1.82, 2.24) is 15.2 Å². The van der Waals surface area contributed by atoms with Gasteiger partial charge in [-0.15, -0.1) is 0 Å². The van der Waals surface area contributed by atoms with Crippen LogP contribution in [-0.4, -0.2) is 29.5 Å². The zero-order chi connectivity index (χ0) is 21.7. The third-order valence-corrected chi connectivity index (χ3v) is 6.31. The molecule has 0 fully saturated rings. The van der Waals surface area contributed by atoms with Crippen LogP contribution in [-0.2, 0) is 16.6 Å².